The fourth-order valence-electron chi connectivity index (χ4n) is 2.93. The molecule has 0 fully saturated rings. The molecule has 1 aromatic carbocycles. The van der Waals surface area contributed by atoms with Gasteiger partial charge in [0, 0.05) is 5.69 Å². The van der Waals surface area contributed by atoms with Gasteiger partial charge >= 0.3 is 0 Å². The average molecular weight is 386 g/mol. The van der Waals surface area contributed by atoms with Gasteiger partial charge < -0.3 is 15.5 Å². The summed E-state index contributed by atoms with van der Waals surface area (Å²) in [5, 5.41) is 17.0. The normalized spacial score (nSPS) is 11.5. The first-order valence-electron chi connectivity index (χ1n) is 8.76. The van der Waals surface area contributed by atoms with Crippen LogP contribution in [0.2, 0.25) is 0 Å². The lowest BCUT2D eigenvalue weighted by Gasteiger charge is -2.16. The third-order valence-electron chi connectivity index (χ3n) is 4.22. The Bertz CT molecular complexity index is 859. The molecule has 3 N–H and O–H groups in total. The summed E-state index contributed by atoms with van der Waals surface area (Å²) in [7, 11) is 1.88. The number of nitriles is 1. The number of carbonyl (C=O) groups excluding carboxylic acids is 2. The van der Waals surface area contributed by atoms with Crippen LogP contribution < -0.4 is 15.5 Å². The summed E-state index contributed by atoms with van der Waals surface area (Å²) in [5.74, 6) is -0.230. The molecule has 0 bridgehead atoms. The molecule has 142 valence electrons. The zero-order valence-corrected chi connectivity index (χ0v) is 16.9. The SMILES string of the molecule is Cc1cc(C)c(NC(=O)C[NH+](C)CCC(=O)Nc2sccc2C#N)c(C)c1. The van der Waals surface area contributed by atoms with Crippen molar-refractivity contribution >= 4 is 33.8 Å². The highest BCUT2D eigenvalue weighted by Crippen LogP contribution is 2.22. The van der Waals surface area contributed by atoms with Crippen LogP contribution in [0.25, 0.3) is 0 Å². The first kappa shape index (κ1) is 20.6. The minimum atomic E-state index is -0.154. The number of nitrogens with one attached hydrogen (secondary N) is 3. The van der Waals surface area contributed by atoms with Crippen LogP contribution >= 0.6 is 11.3 Å². The van der Waals surface area contributed by atoms with Crippen LogP contribution in [0.3, 0.4) is 0 Å². The van der Waals surface area contributed by atoms with Crippen LogP contribution in [0.15, 0.2) is 23.6 Å². The van der Waals surface area contributed by atoms with Crippen LogP contribution in [0, 0.1) is 32.1 Å². The van der Waals surface area contributed by atoms with Crippen molar-refractivity contribution in [2.24, 2.45) is 0 Å². The number of nitrogens with zero attached hydrogens (tertiary/aromatic N) is 1. The lowest BCUT2D eigenvalue weighted by atomic mass is 10.1. The number of hydrogen-bond acceptors (Lipinski definition) is 4. The van der Waals surface area contributed by atoms with E-state index in [4.69, 9.17) is 5.26 Å². The molecule has 1 unspecified atom stereocenters. The number of likely N-dealkylation sites (N-methyl/N-ethyl adjacent to an activating group) is 1. The van der Waals surface area contributed by atoms with Crippen LogP contribution in [0.5, 0.6) is 0 Å². The first-order valence-corrected chi connectivity index (χ1v) is 9.64. The smallest absolute Gasteiger partial charge is 0.279 e. The van der Waals surface area contributed by atoms with Crippen molar-refractivity contribution in [2.75, 3.05) is 30.8 Å². The second kappa shape index (κ2) is 9.31. The van der Waals surface area contributed by atoms with Gasteiger partial charge in [-0.1, -0.05) is 17.7 Å². The van der Waals surface area contributed by atoms with Gasteiger partial charge in [-0.3, -0.25) is 9.59 Å². The van der Waals surface area contributed by atoms with E-state index in [1.807, 2.05) is 46.0 Å². The van der Waals surface area contributed by atoms with Crippen LogP contribution in [0.1, 0.15) is 28.7 Å². The molecule has 0 aliphatic rings. The van der Waals surface area contributed by atoms with E-state index in [9.17, 15) is 9.59 Å². The number of thiophene rings is 1. The maximum atomic E-state index is 12.3. The van der Waals surface area contributed by atoms with Gasteiger partial charge in [0.15, 0.2) is 6.54 Å². The van der Waals surface area contributed by atoms with E-state index in [-0.39, 0.29) is 24.8 Å². The van der Waals surface area contributed by atoms with E-state index < -0.39 is 0 Å². The average Bonchev–Trinajstić information content (AvgIpc) is 3.03. The Morgan fingerprint density at radius 3 is 2.44 bits per heavy atom. The highest BCUT2D eigenvalue weighted by Gasteiger charge is 2.15. The second-order valence-corrected chi connectivity index (χ2v) is 7.70. The standard InChI is InChI=1S/C20H24N4O2S/c1-13-9-14(2)19(15(3)10-13)22-18(26)12-24(4)7-5-17(25)23-20-16(11-21)6-8-27-20/h6,8-10H,5,7,12H2,1-4H3,(H,22,26)(H,23,25)/p+1. The Morgan fingerprint density at radius 1 is 1.15 bits per heavy atom. The van der Waals surface area contributed by atoms with Crippen molar-refractivity contribution in [2.45, 2.75) is 27.2 Å². The maximum Gasteiger partial charge on any atom is 0.279 e. The summed E-state index contributed by atoms with van der Waals surface area (Å²) in [5.41, 5.74) is 4.58. The number of rotatable bonds is 7. The lowest BCUT2D eigenvalue weighted by Crippen LogP contribution is -3.10. The predicted octanol–water partition coefficient (Wildman–Crippen LogP) is 2.03. The molecular weight excluding hydrogens is 360 g/mol. The van der Waals surface area contributed by atoms with Crippen molar-refractivity contribution in [3.8, 4) is 6.07 Å². The minimum Gasteiger partial charge on any atom is -0.329 e. The van der Waals surface area contributed by atoms with Crippen molar-refractivity contribution < 1.29 is 14.5 Å². The van der Waals surface area contributed by atoms with E-state index in [1.54, 1.807) is 11.4 Å². The van der Waals surface area contributed by atoms with Gasteiger partial charge in [0.25, 0.3) is 5.91 Å². The maximum absolute atomic E-state index is 12.3. The van der Waals surface area contributed by atoms with Crippen LogP contribution in [-0.2, 0) is 9.59 Å². The van der Waals surface area contributed by atoms with Crippen LogP contribution in [0.4, 0.5) is 10.7 Å². The summed E-state index contributed by atoms with van der Waals surface area (Å²) in [6.07, 6.45) is 0.282. The number of amides is 2. The molecule has 2 aromatic rings. The molecule has 1 heterocycles. The van der Waals surface area contributed by atoms with Crippen LogP contribution in [-0.4, -0.2) is 32.0 Å². The Morgan fingerprint density at radius 2 is 1.81 bits per heavy atom. The van der Waals surface area contributed by atoms with E-state index in [2.05, 4.69) is 10.6 Å². The molecule has 2 rings (SSSR count). The molecule has 0 radical (unpaired) electrons. The summed E-state index contributed by atoms with van der Waals surface area (Å²) in [6.45, 7) is 6.80. The topological polar surface area (TPSA) is 86.4 Å². The van der Waals surface area contributed by atoms with E-state index in [0.717, 1.165) is 21.7 Å². The predicted molar refractivity (Wildman–Crippen MR) is 108 cm³/mol. The largest absolute Gasteiger partial charge is 0.329 e. The van der Waals surface area contributed by atoms with E-state index in [0.29, 0.717) is 17.1 Å². The third-order valence-corrected chi connectivity index (χ3v) is 5.05. The van der Waals surface area contributed by atoms with Gasteiger partial charge in [-0.15, -0.1) is 11.3 Å². The monoisotopic (exact) mass is 385 g/mol. The van der Waals surface area contributed by atoms with Gasteiger partial charge in [-0.25, -0.2) is 0 Å². The van der Waals surface area contributed by atoms with Gasteiger partial charge in [0.2, 0.25) is 5.91 Å². The van der Waals surface area contributed by atoms with E-state index >= 15 is 0 Å². The minimum absolute atomic E-state index is 0.0759. The molecule has 0 aliphatic carbocycles. The number of carbonyl (C=O) groups is 2. The molecule has 0 saturated heterocycles. The fraction of sp³-hybridized carbons (Fsp3) is 0.350. The van der Waals surface area contributed by atoms with Gasteiger partial charge in [0.05, 0.1) is 25.6 Å². The van der Waals surface area contributed by atoms with E-state index in [1.165, 1.54) is 16.9 Å². The molecule has 2 amide bonds. The molecule has 6 nitrogen and oxygen atoms in total. The van der Waals surface area contributed by atoms with Crippen molar-refractivity contribution in [1.29, 1.82) is 5.26 Å². The Balaban J connectivity index is 1.81. The quantitative estimate of drug-likeness (QED) is 0.682. The fourth-order valence-corrected chi connectivity index (χ4v) is 3.69. The molecule has 0 aliphatic heterocycles. The van der Waals surface area contributed by atoms with Crippen molar-refractivity contribution in [1.82, 2.24) is 0 Å². The molecule has 0 saturated carbocycles. The number of aryl methyl sites for hydroxylation is 3. The van der Waals surface area contributed by atoms with Gasteiger partial charge in [0.1, 0.15) is 11.1 Å². The summed E-state index contributed by atoms with van der Waals surface area (Å²) >= 11 is 1.33. The number of quaternary nitrogens is 1. The first-order chi connectivity index (χ1) is 12.8. The Labute approximate surface area is 163 Å². The molecule has 27 heavy (non-hydrogen) atoms. The van der Waals surface area contributed by atoms with Gasteiger partial charge in [-0.2, -0.15) is 5.26 Å². The molecule has 1 atom stereocenters. The highest BCUT2D eigenvalue weighted by molar-refractivity contribution is 7.14. The second-order valence-electron chi connectivity index (χ2n) is 6.78. The lowest BCUT2D eigenvalue weighted by molar-refractivity contribution is -0.870. The highest BCUT2D eigenvalue weighted by atomic mass is 32.1. The van der Waals surface area contributed by atoms with Crippen molar-refractivity contribution in [3.05, 3.63) is 45.8 Å². The number of benzene rings is 1. The zero-order chi connectivity index (χ0) is 20.0. The van der Waals surface area contributed by atoms with Crippen molar-refractivity contribution in [3.63, 3.8) is 0 Å². The third kappa shape index (κ3) is 5.91. The summed E-state index contributed by atoms with van der Waals surface area (Å²) in [6, 6.07) is 7.81. The molecule has 0 spiro atoms. The summed E-state index contributed by atoms with van der Waals surface area (Å²) < 4.78 is 0. The Kier molecular flexibility index (Phi) is 7.11. The molecule has 1 aromatic heterocycles. The molecule has 7 heteroatoms. The van der Waals surface area contributed by atoms with Gasteiger partial charge in [-0.05, 0) is 43.3 Å². The Hall–Kier alpha value is -2.69. The number of anilines is 2. The number of hydrogen-bond donors (Lipinski definition) is 3. The molecular formula is C20H25N4O2S+. The summed E-state index contributed by atoms with van der Waals surface area (Å²) in [4.78, 5) is 25.3. The zero-order valence-electron chi connectivity index (χ0n) is 16.1.